The fourth-order valence-electron chi connectivity index (χ4n) is 2.66. The first-order valence-electron chi connectivity index (χ1n) is 8.52. The van der Waals surface area contributed by atoms with Gasteiger partial charge < -0.3 is 8.83 Å². The van der Waals surface area contributed by atoms with Gasteiger partial charge in [0.1, 0.15) is 17.7 Å². The molecule has 0 fully saturated rings. The van der Waals surface area contributed by atoms with Crippen LogP contribution in [-0.2, 0) is 16.6 Å². The van der Waals surface area contributed by atoms with Gasteiger partial charge in [0.15, 0.2) is 11.7 Å². The van der Waals surface area contributed by atoms with Gasteiger partial charge in [0.05, 0.1) is 11.2 Å². The summed E-state index contributed by atoms with van der Waals surface area (Å²) in [5.41, 5.74) is 2.88. The number of pyridine rings is 1. The molecule has 28 heavy (non-hydrogen) atoms. The van der Waals surface area contributed by atoms with Crippen molar-refractivity contribution in [3.05, 3.63) is 78.7 Å². The highest BCUT2D eigenvalue weighted by Crippen LogP contribution is 2.21. The molecule has 0 unspecified atom stereocenters. The zero-order valence-electron chi connectivity index (χ0n) is 15.0. The summed E-state index contributed by atoms with van der Waals surface area (Å²) in [6.07, 6.45) is 4.74. The van der Waals surface area contributed by atoms with Crippen molar-refractivity contribution < 1.29 is 17.3 Å². The Kier molecular flexibility index (Phi) is 4.81. The highest BCUT2D eigenvalue weighted by molar-refractivity contribution is 7.89. The fraction of sp³-hybridized carbons (Fsp3) is 0.100. The number of hydrogen-bond acceptors (Lipinski definition) is 6. The van der Waals surface area contributed by atoms with E-state index in [1.54, 1.807) is 55.8 Å². The summed E-state index contributed by atoms with van der Waals surface area (Å²) in [6.45, 7) is 1.89. The maximum absolute atomic E-state index is 12.5. The van der Waals surface area contributed by atoms with Gasteiger partial charge in [-0.3, -0.25) is 4.98 Å². The Bertz CT molecular complexity index is 1160. The van der Waals surface area contributed by atoms with Gasteiger partial charge >= 0.3 is 0 Å². The fourth-order valence-corrected chi connectivity index (χ4v) is 3.68. The Morgan fingerprint density at radius 3 is 2.43 bits per heavy atom. The van der Waals surface area contributed by atoms with E-state index in [1.165, 1.54) is 6.26 Å². The maximum atomic E-state index is 12.5. The second-order valence-electron chi connectivity index (χ2n) is 6.13. The van der Waals surface area contributed by atoms with Crippen molar-refractivity contribution in [2.24, 2.45) is 0 Å². The third-order valence-corrected chi connectivity index (χ3v) is 5.56. The molecule has 8 heteroatoms. The van der Waals surface area contributed by atoms with E-state index < -0.39 is 10.0 Å². The molecule has 3 aromatic heterocycles. The van der Waals surface area contributed by atoms with Gasteiger partial charge in [-0.2, -0.15) is 0 Å². The van der Waals surface area contributed by atoms with Crippen LogP contribution < -0.4 is 4.72 Å². The van der Waals surface area contributed by atoms with Crippen LogP contribution in [0.25, 0.3) is 22.7 Å². The number of aryl methyl sites for hydroxylation is 1. The van der Waals surface area contributed by atoms with Crippen molar-refractivity contribution in [2.75, 3.05) is 0 Å². The Balaban J connectivity index is 1.44. The number of sulfonamides is 1. The zero-order valence-corrected chi connectivity index (χ0v) is 15.8. The normalized spacial score (nSPS) is 11.6. The molecule has 142 valence electrons. The van der Waals surface area contributed by atoms with Crippen molar-refractivity contribution in [3.63, 3.8) is 0 Å². The van der Waals surface area contributed by atoms with Crippen molar-refractivity contribution in [3.8, 4) is 22.7 Å². The standard InChI is InChI=1S/C20H17N3O4S/c1-14-23-19(13-27-14)16-5-7-17(8-6-16)28(24,25)22-12-15-4-9-18(21-11-15)20-3-2-10-26-20/h2-11,13,22H,12H2,1H3. The minimum atomic E-state index is -3.65. The van der Waals surface area contributed by atoms with Gasteiger partial charge in [-0.25, -0.2) is 18.1 Å². The molecule has 0 aliphatic heterocycles. The number of hydrogen-bond donors (Lipinski definition) is 1. The number of rotatable bonds is 6. The predicted molar refractivity (Wildman–Crippen MR) is 103 cm³/mol. The van der Waals surface area contributed by atoms with Crippen LogP contribution >= 0.6 is 0 Å². The highest BCUT2D eigenvalue weighted by Gasteiger charge is 2.14. The molecule has 0 saturated carbocycles. The Morgan fingerprint density at radius 2 is 1.82 bits per heavy atom. The lowest BCUT2D eigenvalue weighted by molar-refractivity contribution is 0.521. The summed E-state index contributed by atoms with van der Waals surface area (Å²) >= 11 is 0. The average molecular weight is 395 g/mol. The first-order chi connectivity index (χ1) is 13.5. The zero-order chi connectivity index (χ0) is 19.6. The van der Waals surface area contributed by atoms with Gasteiger partial charge in [0.2, 0.25) is 10.0 Å². The van der Waals surface area contributed by atoms with E-state index in [2.05, 4.69) is 14.7 Å². The highest BCUT2D eigenvalue weighted by atomic mass is 32.2. The maximum Gasteiger partial charge on any atom is 0.240 e. The SMILES string of the molecule is Cc1nc(-c2ccc(S(=O)(=O)NCc3ccc(-c4ccco4)nc3)cc2)co1. The van der Waals surface area contributed by atoms with Crippen LogP contribution in [0.1, 0.15) is 11.5 Å². The van der Waals surface area contributed by atoms with E-state index >= 15 is 0 Å². The third-order valence-electron chi connectivity index (χ3n) is 4.14. The smallest absolute Gasteiger partial charge is 0.240 e. The lowest BCUT2D eigenvalue weighted by atomic mass is 10.2. The summed E-state index contributed by atoms with van der Waals surface area (Å²) in [5.74, 6) is 1.22. The molecule has 0 saturated heterocycles. The summed E-state index contributed by atoms with van der Waals surface area (Å²) < 4.78 is 38.1. The third kappa shape index (κ3) is 3.88. The molecule has 0 bridgehead atoms. The lowest BCUT2D eigenvalue weighted by Gasteiger charge is -2.08. The summed E-state index contributed by atoms with van der Waals surface area (Å²) in [5, 5.41) is 0. The Labute approximate surface area is 162 Å². The van der Waals surface area contributed by atoms with E-state index in [0.717, 1.165) is 11.1 Å². The number of aromatic nitrogens is 2. The average Bonchev–Trinajstić information content (AvgIpc) is 3.39. The van der Waals surface area contributed by atoms with Gasteiger partial charge in [0.25, 0.3) is 0 Å². The molecule has 0 aliphatic rings. The van der Waals surface area contributed by atoms with Crippen molar-refractivity contribution in [1.82, 2.24) is 14.7 Å². The molecule has 0 atom stereocenters. The molecule has 7 nitrogen and oxygen atoms in total. The molecule has 0 amide bonds. The van der Waals surface area contributed by atoms with Crippen molar-refractivity contribution in [1.29, 1.82) is 0 Å². The number of benzene rings is 1. The number of nitrogens with one attached hydrogen (secondary N) is 1. The Hall–Kier alpha value is -3.23. The van der Waals surface area contributed by atoms with Gasteiger partial charge in [-0.15, -0.1) is 0 Å². The Morgan fingerprint density at radius 1 is 1.00 bits per heavy atom. The van der Waals surface area contributed by atoms with Crippen LogP contribution in [0, 0.1) is 6.92 Å². The lowest BCUT2D eigenvalue weighted by Crippen LogP contribution is -2.23. The summed E-state index contributed by atoms with van der Waals surface area (Å²) in [7, 11) is -3.65. The molecular formula is C20H17N3O4S. The molecule has 0 aliphatic carbocycles. The van der Waals surface area contributed by atoms with Crippen LogP contribution in [0.3, 0.4) is 0 Å². The van der Waals surface area contributed by atoms with Crippen LogP contribution in [0.2, 0.25) is 0 Å². The monoisotopic (exact) mass is 395 g/mol. The number of nitrogens with zero attached hydrogens (tertiary/aromatic N) is 2. The molecule has 1 N–H and O–H groups in total. The van der Waals surface area contributed by atoms with Crippen molar-refractivity contribution in [2.45, 2.75) is 18.4 Å². The van der Waals surface area contributed by atoms with Gasteiger partial charge in [-0.1, -0.05) is 18.2 Å². The van der Waals surface area contributed by atoms with Crippen LogP contribution in [0.15, 0.2) is 81.0 Å². The van der Waals surface area contributed by atoms with Gasteiger partial charge in [0, 0.05) is 25.2 Å². The molecule has 0 spiro atoms. The summed E-state index contributed by atoms with van der Waals surface area (Å²) in [4.78, 5) is 8.70. The topological polar surface area (TPSA) is 98.2 Å². The molecule has 4 rings (SSSR count). The molecule has 4 aromatic rings. The minimum Gasteiger partial charge on any atom is -0.463 e. The second-order valence-corrected chi connectivity index (χ2v) is 7.90. The number of furan rings is 1. The van der Waals surface area contributed by atoms with Crippen LogP contribution in [0.4, 0.5) is 0 Å². The van der Waals surface area contributed by atoms with E-state index in [4.69, 9.17) is 8.83 Å². The predicted octanol–water partition coefficient (Wildman–Crippen LogP) is 3.78. The first-order valence-corrected chi connectivity index (χ1v) is 10.0. The quantitative estimate of drug-likeness (QED) is 0.533. The molecule has 1 aromatic carbocycles. The second kappa shape index (κ2) is 7.41. The van der Waals surface area contributed by atoms with Gasteiger partial charge in [-0.05, 0) is 35.9 Å². The minimum absolute atomic E-state index is 0.137. The van der Waals surface area contributed by atoms with E-state index in [9.17, 15) is 8.42 Å². The summed E-state index contributed by atoms with van der Waals surface area (Å²) in [6, 6.07) is 13.7. The van der Waals surface area contributed by atoms with E-state index in [-0.39, 0.29) is 11.4 Å². The van der Waals surface area contributed by atoms with Crippen LogP contribution in [0.5, 0.6) is 0 Å². The van der Waals surface area contributed by atoms with Crippen molar-refractivity contribution >= 4 is 10.0 Å². The van der Waals surface area contributed by atoms with Crippen LogP contribution in [-0.4, -0.2) is 18.4 Å². The first kappa shape index (κ1) is 18.1. The van der Waals surface area contributed by atoms with E-state index in [0.29, 0.717) is 23.0 Å². The molecule has 0 radical (unpaired) electrons. The van der Waals surface area contributed by atoms with E-state index in [1.807, 2.05) is 12.1 Å². The molecular weight excluding hydrogens is 378 g/mol. The molecule has 3 heterocycles. The largest absolute Gasteiger partial charge is 0.463 e. The number of oxazole rings is 1.